The number of hydrogen-bond donors (Lipinski definition) is 0. The Balaban J connectivity index is 1.82. The van der Waals surface area contributed by atoms with Crippen molar-refractivity contribution in [3.05, 3.63) is 73.4 Å². The molecule has 2 aromatic heterocycles. The van der Waals surface area contributed by atoms with E-state index in [4.69, 9.17) is 5.79 Å². The standard InChI is InChI=1S/C23H21N3O/c1-14(2)25-16(4)26(23-19(25)9-7-13-24-23)21-15(3)11-12-18-17-8-5-6-10-20(17)27-22(18)21/h5-14H,4H2,1-3H3/i14D. The third-order valence-electron chi connectivity index (χ3n) is 5.13. The lowest BCUT2D eigenvalue weighted by Gasteiger charge is -2.31. The molecule has 0 spiro atoms. The van der Waals surface area contributed by atoms with Gasteiger partial charge in [-0.05, 0) is 51.5 Å². The van der Waals surface area contributed by atoms with Gasteiger partial charge in [0.25, 0.3) is 0 Å². The number of hydrogen-bond acceptors (Lipinski definition) is 4. The molecule has 0 saturated carbocycles. The summed E-state index contributed by atoms with van der Waals surface area (Å²) in [6, 6.07) is 15.3. The first-order valence-corrected chi connectivity index (χ1v) is 9.03. The first-order valence-electron chi connectivity index (χ1n) is 9.53. The number of nitrogens with zero attached hydrogens (tertiary/aromatic N) is 3. The molecule has 0 bridgehead atoms. The van der Waals surface area contributed by atoms with Gasteiger partial charge in [-0.3, -0.25) is 4.90 Å². The zero-order chi connectivity index (χ0) is 19.6. The van der Waals surface area contributed by atoms with E-state index < -0.39 is 6.02 Å². The molecule has 4 aromatic rings. The van der Waals surface area contributed by atoms with Crippen LogP contribution in [0.4, 0.5) is 17.2 Å². The van der Waals surface area contributed by atoms with Gasteiger partial charge in [-0.15, -0.1) is 0 Å². The van der Waals surface area contributed by atoms with Crippen LogP contribution in [0.1, 0.15) is 20.8 Å². The van der Waals surface area contributed by atoms with Gasteiger partial charge >= 0.3 is 0 Å². The third-order valence-corrected chi connectivity index (χ3v) is 5.13. The predicted octanol–water partition coefficient (Wildman–Crippen LogP) is 5.98. The van der Waals surface area contributed by atoms with E-state index in [-0.39, 0.29) is 0 Å². The van der Waals surface area contributed by atoms with Crippen LogP contribution in [0, 0.1) is 20.0 Å². The summed E-state index contributed by atoms with van der Waals surface area (Å²) in [7, 11) is 0. The highest BCUT2D eigenvalue weighted by molar-refractivity contribution is 6.11. The van der Waals surface area contributed by atoms with Crippen molar-refractivity contribution < 1.29 is 5.79 Å². The van der Waals surface area contributed by atoms with E-state index in [1.165, 1.54) is 0 Å². The maximum absolute atomic E-state index is 8.63. The fraction of sp³-hybridized carbons (Fsp3) is 0.174. The molecule has 0 saturated heterocycles. The molecule has 0 N–H and O–H groups in total. The molecular formula is C23H21N3O. The Kier molecular flexibility index (Phi) is 3.21. The normalized spacial score (nSPS) is 15.6. The van der Waals surface area contributed by atoms with Crippen molar-refractivity contribution in [3.63, 3.8) is 0 Å². The van der Waals surface area contributed by atoms with Gasteiger partial charge in [0.15, 0.2) is 17.6 Å². The van der Waals surface area contributed by atoms with Crippen LogP contribution < -0.4 is 9.80 Å². The summed E-state index contributed by atoms with van der Waals surface area (Å²) in [4.78, 5) is 8.56. The van der Waals surface area contributed by atoms with Crippen molar-refractivity contribution in [1.29, 1.82) is 0 Å². The smallest absolute Gasteiger partial charge is 0.162 e. The summed E-state index contributed by atoms with van der Waals surface area (Å²) in [6.07, 6.45) is 2.47. The van der Waals surface area contributed by atoms with Crippen molar-refractivity contribution in [1.82, 2.24) is 4.98 Å². The van der Waals surface area contributed by atoms with Gasteiger partial charge in [-0.2, -0.15) is 0 Å². The number of pyridine rings is 1. The van der Waals surface area contributed by atoms with Gasteiger partial charge in [-0.25, -0.2) is 4.98 Å². The Morgan fingerprint density at radius 3 is 2.70 bits per heavy atom. The summed E-state index contributed by atoms with van der Waals surface area (Å²) >= 11 is 0. The Bertz CT molecular complexity index is 1210. The molecule has 2 aromatic carbocycles. The number of benzene rings is 2. The Labute approximate surface area is 160 Å². The zero-order valence-corrected chi connectivity index (χ0v) is 15.7. The molecule has 5 rings (SSSR count). The second-order valence-corrected chi connectivity index (χ2v) is 7.09. The molecule has 27 heavy (non-hydrogen) atoms. The Morgan fingerprint density at radius 2 is 1.89 bits per heavy atom. The highest BCUT2D eigenvalue weighted by Crippen LogP contribution is 2.50. The van der Waals surface area contributed by atoms with E-state index in [0.717, 1.165) is 44.7 Å². The first kappa shape index (κ1) is 15.1. The summed E-state index contributed by atoms with van der Waals surface area (Å²) in [5, 5.41) is 2.15. The van der Waals surface area contributed by atoms with Crippen LogP contribution in [-0.4, -0.2) is 11.0 Å². The second-order valence-electron chi connectivity index (χ2n) is 7.09. The molecule has 0 amide bonds. The molecular weight excluding hydrogens is 334 g/mol. The number of anilines is 3. The van der Waals surface area contributed by atoms with Gasteiger partial charge < -0.3 is 9.32 Å². The van der Waals surface area contributed by atoms with Gasteiger partial charge in [0.2, 0.25) is 0 Å². The van der Waals surface area contributed by atoms with Crippen molar-refractivity contribution in [2.45, 2.75) is 26.8 Å². The van der Waals surface area contributed by atoms with Crippen molar-refractivity contribution >= 4 is 39.1 Å². The number of para-hydroxylation sites is 1. The average Bonchev–Trinajstić information content (AvgIpc) is 3.16. The summed E-state index contributed by atoms with van der Waals surface area (Å²) < 4.78 is 14.9. The lowest BCUT2D eigenvalue weighted by molar-refractivity contribution is 0.665. The van der Waals surface area contributed by atoms with Gasteiger partial charge in [0, 0.05) is 23.0 Å². The first-order chi connectivity index (χ1) is 13.4. The molecule has 0 aliphatic carbocycles. The lowest BCUT2D eigenvalue weighted by atomic mass is 10.1. The Morgan fingerprint density at radius 1 is 1.07 bits per heavy atom. The highest BCUT2D eigenvalue weighted by Gasteiger charge is 2.39. The largest absolute Gasteiger partial charge is 0.454 e. The second kappa shape index (κ2) is 5.74. The number of furan rings is 1. The molecule has 2 radical (unpaired) electrons. The molecule has 0 atom stereocenters. The van der Waals surface area contributed by atoms with Crippen molar-refractivity contribution in [3.8, 4) is 0 Å². The van der Waals surface area contributed by atoms with E-state index in [1.54, 1.807) is 6.20 Å². The maximum Gasteiger partial charge on any atom is 0.162 e. The number of rotatable bonds is 2. The summed E-state index contributed by atoms with van der Waals surface area (Å²) in [5.74, 6) is 0.767. The van der Waals surface area contributed by atoms with E-state index >= 15 is 0 Å². The van der Waals surface area contributed by atoms with Crippen LogP contribution in [0.15, 0.2) is 59.1 Å². The van der Waals surface area contributed by atoms with Crippen molar-refractivity contribution in [2.75, 3.05) is 9.80 Å². The fourth-order valence-corrected chi connectivity index (χ4v) is 3.98. The van der Waals surface area contributed by atoms with Crippen LogP contribution in [0.2, 0.25) is 0 Å². The quantitative estimate of drug-likeness (QED) is 0.442. The third kappa shape index (κ3) is 2.19. The average molecular weight is 356 g/mol. The molecule has 1 aliphatic rings. The number of fused-ring (bicyclic) bond motifs is 4. The van der Waals surface area contributed by atoms with Crippen LogP contribution in [0.25, 0.3) is 21.9 Å². The van der Waals surface area contributed by atoms with Gasteiger partial charge in [0.1, 0.15) is 5.58 Å². The van der Waals surface area contributed by atoms with Crippen LogP contribution >= 0.6 is 0 Å². The summed E-state index contributed by atoms with van der Waals surface area (Å²) in [6.45, 7) is 10.1. The lowest BCUT2D eigenvalue weighted by Crippen LogP contribution is -2.36. The maximum atomic E-state index is 8.63. The van der Waals surface area contributed by atoms with E-state index in [1.807, 2.05) is 54.0 Å². The molecule has 0 unspecified atom stereocenters. The minimum Gasteiger partial charge on any atom is -0.454 e. The van der Waals surface area contributed by atoms with Gasteiger partial charge in [0.05, 0.1) is 12.7 Å². The molecule has 4 nitrogen and oxygen atoms in total. The minimum absolute atomic E-state index is 0.699. The van der Waals surface area contributed by atoms with E-state index in [0.29, 0.717) is 6.17 Å². The van der Waals surface area contributed by atoms with Crippen LogP contribution in [0.3, 0.4) is 0 Å². The van der Waals surface area contributed by atoms with Crippen molar-refractivity contribution in [2.24, 2.45) is 0 Å². The Hall–Kier alpha value is -3.01. The SMILES string of the molecule is [2H]C(C)(C)N1[C]([CH2])N(c2c(C)ccc3c2oc2ccccc23)c2ncccc21. The van der Waals surface area contributed by atoms with Crippen LogP contribution in [-0.2, 0) is 0 Å². The molecule has 4 heteroatoms. The highest BCUT2D eigenvalue weighted by atomic mass is 16.3. The fourth-order valence-electron chi connectivity index (χ4n) is 3.98. The van der Waals surface area contributed by atoms with E-state index in [2.05, 4.69) is 37.0 Å². The van der Waals surface area contributed by atoms with E-state index in [9.17, 15) is 0 Å². The monoisotopic (exact) mass is 356 g/mol. The molecule has 134 valence electrons. The topological polar surface area (TPSA) is 32.5 Å². The number of aryl methyl sites for hydroxylation is 1. The molecule has 1 aliphatic heterocycles. The summed E-state index contributed by atoms with van der Waals surface area (Å²) in [5.41, 5.74) is 4.52. The number of aromatic nitrogens is 1. The predicted molar refractivity (Wildman–Crippen MR) is 111 cm³/mol. The molecule has 3 heterocycles. The van der Waals surface area contributed by atoms with Crippen LogP contribution in [0.5, 0.6) is 0 Å². The molecule has 0 fully saturated rings. The minimum atomic E-state index is -0.876. The zero-order valence-electron chi connectivity index (χ0n) is 16.7. The van der Waals surface area contributed by atoms with Gasteiger partial charge in [-0.1, -0.05) is 30.3 Å².